The van der Waals surface area contributed by atoms with Crippen LogP contribution in [0, 0.1) is 0 Å². The van der Waals surface area contributed by atoms with Crippen LogP contribution in [0.2, 0.25) is 0 Å². The maximum atomic E-state index is 5.66. The Labute approximate surface area is 91.9 Å². The van der Waals surface area contributed by atoms with Crippen LogP contribution in [-0.2, 0) is 6.42 Å². The first-order chi connectivity index (χ1) is 6.88. The summed E-state index contributed by atoms with van der Waals surface area (Å²) in [6, 6.07) is 8.26. The lowest BCUT2D eigenvalue weighted by Crippen LogP contribution is -1.99. The van der Waals surface area contributed by atoms with Crippen LogP contribution in [0.25, 0.3) is 0 Å². The van der Waals surface area contributed by atoms with Gasteiger partial charge in [-0.1, -0.05) is 25.1 Å². The van der Waals surface area contributed by atoms with Crippen molar-refractivity contribution in [2.75, 3.05) is 12.4 Å². The summed E-state index contributed by atoms with van der Waals surface area (Å²) in [4.78, 5) is 0. The summed E-state index contributed by atoms with van der Waals surface area (Å²) in [5, 5.41) is 0. The molecule has 0 saturated carbocycles. The zero-order chi connectivity index (χ0) is 10.2. The Morgan fingerprint density at radius 1 is 1.29 bits per heavy atom. The lowest BCUT2D eigenvalue weighted by Gasteiger charge is -2.09. The van der Waals surface area contributed by atoms with Crippen LogP contribution in [0.15, 0.2) is 24.3 Å². The summed E-state index contributed by atoms with van der Waals surface area (Å²) >= 11 is 4.21. The number of rotatable bonds is 6. The molecule has 0 heterocycles. The molecule has 1 rings (SSSR count). The maximum Gasteiger partial charge on any atom is 0.122 e. The number of aryl methyl sites for hydroxylation is 1. The van der Waals surface area contributed by atoms with Crippen molar-refractivity contribution in [1.29, 1.82) is 0 Å². The molecule has 14 heavy (non-hydrogen) atoms. The molecular weight excluding hydrogens is 192 g/mol. The van der Waals surface area contributed by atoms with E-state index >= 15 is 0 Å². The summed E-state index contributed by atoms with van der Waals surface area (Å²) < 4.78 is 5.66. The zero-order valence-electron chi connectivity index (χ0n) is 8.70. The summed E-state index contributed by atoms with van der Waals surface area (Å²) in [5.41, 5.74) is 1.30. The zero-order valence-corrected chi connectivity index (χ0v) is 9.59. The molecule has 2 heteroatoms. The van der Waals surface area contributed by atoms with E-state index in [4.69, 9.17) is 4.74 Å². The van der Waals surface area contributed by atoms with Gasteiger partial charge in [0.15, 0.2) is 0 Å². The molecular formula is C12H18OS. The molecule has 0 aliphatic carbocycles. The SMILES string of the molecule is CCCOc1ccccc1CCCS. The lowest BCUT2D eigenvalue weighted by atomic mass is 10.1. The van der Waals surface area contributed by atoms with Gasteiger partial charge in [-0.25, -0.2) is 0 Å². The monoisotopic (exact) mass is 210 g/mol. The van der Waals surface area contributed by atoms with E-state index in [2.05, 4.69) is 31.7 Å². The fourth-order valence-corrected chi connectivity index (χ4v) is 1.49. The molecule has 0 spiro atoms. The normalized spacial score (nSPS) is 10.1. The van der Waals surface area contributed by atoms with Crippen LogP contribution < -0.4 is 4.74 Å². The largest absolute Gasteiger partial charge is 0.493 e. The van der Waals surface area contributed by atoms with Crippen molar-refractivity contribution in [2.45, 2.75) is 26.2 Å². The van der Waals surface area contributed by atoms with E-state index in [0.29, 0.717) is 0 Å². The van der Waals surface area contributed by atoms with E-state index < -0.39 is 0 Å². The van der Waals surface area contributed by atoms with Crippen LogP contribution in [-0.4, -0.2) is 12.4 Å². The van der Waals surface area contributed by atoms with Gasteiger partial charge in [0.05, 0.1) is 6.61 Å². The fraction of sp³-hybridized carbons (Fsp3) is 0.500. The fourth-order valence-electron chi connectivity index (χ4n) is 1.33. The highest BCUT2D eigenvalue weighted by molar-refractivity contribution is 7.80. The van der Waals surface area contributed by atoms with E-state index in [9.17, 15) is 0 Å². The minimum atomic E-state index is 0.803. The molecule has 0 unspecified atom stereocenters. The molecule has 78 valence electrons. The van der Waals surface area contributed by atoms with Crippen LogP contribution in [0.3, 0.4) is 0 Å². The van der Waals surface area contributed by atoms with E-state index in [-0.39, 0.29) is 0 Å². The first kappa shape index (κ1) is 11.4. The summed E-state index contributed by atoms with van der Waals surface area (Å²) in [5.74, 6) is 1.97. The highest BCUT2D eigenvalue weighted by Gasteiger charge is 2.01. The van der Waals surface area contributed by atoms with Crippen molar-refractivity contribution in [1.82, 2.24) is 0 Å². The topological polar surface area (TPSA) is 9.23 Å². The third-order valence-corrected chi connectivity index (χ3v) is 2.35. The smallest absolute Gasteiger partial charge is 0.122 e. The number of thiol groups is 1. The Morgan fingerprint density at radius 2 is 2.07 bits per heavy atom. The Kier molecular flexibility index (Phi) is 5.53. The summed E-state index contributed by atoms with van der Waals surface area (Å²) in [7, 11) is 0. The third-order valence-electron chi connectivity index (χ3n) is 2.04. The Hall–Kier alpha value is -0.630. The van der Waals surface area contributed by atoms with Gasteiger partial charge in [-0.15, -0.1) is 0 Å². The summed E-state index contributed by atoms with van der Waals surface area (Å²) in [6.07, 6.45) is 3.22. The number of para-hydroxylation sites is 1. The van der Waals surface area contributed by atoms with Crippen molar-refractivity contribution in [3.8, 4) is 5.75 Å². The predicted octanol–water partition coefficient (Wildman–Crippen LogP) is 3.34. The molecule has 0 bridgehead atoms. The highest BCUT2D eigenvalue weighted by atomic mass is 32.1. The third kappa shape index (κ3) is 3.62. The van der Waals surface area contributed by atoms with Crippen LogP contribution in [0.1, 0.15) is 25.3 Å². The minimum Gasteiger partial charge on any atom is -0.493 e. The van der Waals surface area contributed by atoms with Crippen LogP contribution in [0.5, 0.6) is 5.75 Å². The predicted molar refractivity (Wildman–Crippen MR) is 64.4 cm³/mol. The standard InChI is InChI=1S/C12H18OS/c1-2-9-13-12-8-4-3-6-11(12)7-5-10-14/h3-4,6,8,14H,2,5,7,9-10H2,1H3. The van der Waals surface area contributed by atoms with Crippen molar-refractivity contribution < 1.29 is 4.74 Å². The van der Waals surface area contributed by atoms with E-state index in [1.54, 1.807) is 0 Å². The Balaban J connectivity index is 2.60. The van der Waals surface area contributed by atoms with Crippen molar-refractivity contribution >= 4 is 12.6 Å². The molecule has 0 aromatic heterocycles. The number of benzene rings is 1. The second-order valence-electron chi connectivity index (χ2n) is 3.28. The van der Waals surface area contributed by atoms with Crippen molar-refractivity contribution in [2.24, 2.45) is 0 Å². The average molecular weight is 210 g/mol. The molecule has 0 N–H and O–H groups in total. The second-order valence-corrected chi connectivity index (χ2v) is 3.73. The summed E-state index contributed by atoms with van der Waals surface area (Å²) in [6.45, 7) is 2.92. The first-order valence-electron chi connectivity index (χ1n) is 5.20. The van der Waals surface area contributed by atoms with Gasteiger partial charge in [0, 0.05) is 0 Å². The number of ether oxygens (including phenoxy) is 1. The quantitative estimate of drug-likeness (QED) is 0.709. The van der Waals surface area contributed by atoms with Gasteiger partial charge in [-0.05, 0) is 36.6 Å². The number of hydrogen-bond acceptors (Lipinski definition) is 2. The Morgan fingerprint density at radius 3 is 2.79 bits per heavy atom. The molecule has 0 aliphatic rings. The highest BCUT2D eigenvalue weighted by Crippen LogP contribution is 2.19. The molecule has 0 fully saturated rings. The van der Waals surface area contributed by atoms with Gasteiger partial charge >= 0.3 is 0 Å². The minimum absolute atomic E-state index is 0.803. The lowest BCUT2D eigenvalue weighted by molar-refractivity contribution is 0.314. The van der Waals surface area contributed by atoms with Gasteiger partial charge in [0.25, 0.3) is 0 Å². The molecule has 1 aromatic rings. The second kappa shape index (κ2) is 6.77. The van der Waals surface area contributed by atoms with Gasteiger partial charge in [-0.2, -0.15) is 12.6 Å². The van der Waals surface area contributed by atoms with Crippen LogP contribution >= 0.6 is 12.6 Å². The van der Waals surface area contributed by atoms with E-state index in [1.165, 1.54) is 5.56 Å². The molecule has 0 atom stereocenters. The molecule has 0 radical (unpaired) electrons. The first-order valence-corrected chi connectivity index (χ1v) is 5.83. The average Bonchev–Trinajstić information content (AvgIpc) is 2.24. The molecule has 0 aliphatic heterocycles. The molecule has 0 saturated heterocycles. The molecule has 0 amide bonds. The molecule has 1 nitrogen and oxygen atoms in total. The van der Waals surface area contributed by atoms with E-state index in [0.717, 1.165) is 37.4 Å². The van der Waals surface area contributed by atoms with Gasteiger partial charge in [0.1, 0.15) is 5.75 Å². The van der Waals surface area contributed by atoms with Crippen molar-refractivity contribution in [3.63, 3.8) is 0 Å². The maximum absolute atomic E-state index is 5.66. The van der Waals surface area contributed by atoms with Crippen LogP contribution in [0.4, 0.5) is 0 Å². The van der Waals surface area contributed by atoms with Gasteiger partial charge in [-0.3, -0.25) is 0 Å². The van der Waals surface area contributed by atoms with Gasteiger partial charge < -0.3 is 4.74 Å². The van der Waals surface area contributed by atoms with Crippen molar-refractivity contribution in [3.05, 3.63) is 29.8 Å². The van der Waals surface area contributed by atoms with Gasteiger partial charge in [0.2, 0.25) is 0 Å². The Bertz CT molecular complexity index is 233. The number of hydrogen-bond donors (Lipinski definition) is 1. The van der Waals surface area contributed by atoms with E-state index in [1.807, 2.05) is 12.1 Å². The molecule has 1 aromatic carbocycles.